The SMILES string of the molecule is CNC(=O)c1c(NC)nc(C#CCN2CCCC2)n1C. The largest absolute Gasteiger partial charge is 0.371 e. The number of hydrogen-bond donors (Lipinski definition) is 2. The maximum atomic E-state index is 11.8. The number of carbonyl (C=O) groups excluding carboxylic acids is 1. The highest BCUT2D eigenvalue weighted by Crippen LogP contribution is 2.14. The molecule has 6 nitrogen and oxygen atoms in total. The molecule has 0 atom stereocenters. The Kier molecular flexibility index (Phi) is 4.64. The maximum Gasteiger partial charge on any atom is 0.271 e. The molecule has 1 amide bonds. The van der Waals surface area contributed by atoms with Crippen LogP contribution in [0.4, 0.5) is 5.82 Å². The lowest BCUT2D eigenvalue weighted by Crippen LogP contribution is -2.22. The van der Waals surface area contributed by atoms with Gasteiger partial charge in [0.2, 0.25) is 0 Å². The fraction of sp³-hybridized carbons (Fsp3) is 0.571. The van der Waals surface area contributed by atoms with E-state index in [0.29, 0.717) is 17.3 Å². The highest BCUT2D eigenvalue weighted by atomic mass is 16.1. The first kappa shape index (κ1) is 14.4. The Morgan fingerprint density at radius 2 is 2.05 bits per heavy atom. The number of hydrogen-bond acceptors (Lipinski definition) is 4. The summed E-state index contributed by atoms with van der Waals surface area (Å²) in [5, 5.41) is 5.55. The first-order chi connectivity index (χ1) is 9.67. The number of likely N-dealkylation sites (tertiary alicyclic amines) is 1. The summed E-state index contributed by atoms with van der Waals surface area (Å²) in [6.07, 6.45) is 2.52. The van der Waals surface area contributed by atoms with Crippen molar-refractivity contribution in [1.29, 1.82) is 0 Å². The van der Waals surface area contributed by atoms with Gasteiger partial charge in [0.1, 0.15) is 0 Å². The number of nitrogens with one attached hydrogen (secondary N) is 2. The molecule has 1 fully saturated rings. The Morgan fingerprint density at radius 3 is 2.65 bits per heavy atom. The molecule has 2 rings (SSSR count). The van der Waals surface area contributed by atoms with Crippen molar-refractivity contribution in [2.24, 2.45) is 7.05 Å². The van der Waals surface area contributed by atoms with Crippen LogP contribution in [0, 0.1) is 11.8 Å². The van der Waals surface area contributed by atoms with Gasteiger partial charge < -0.3 is 15.2 Å². The number of imidazole rings is 1. The quantitative estimate of drug-likeness (QED) is 0.777. The molecular formula is C14H21N5O. The van der Waals surface area contributed by atoms with Crippen molar-refractivity contribution in [1.82, 2.24) is 19.8 Å². The fourth-order valence-corrected chi connectivity index (χ4v) is 2.33. The lowest BCUT2D eigenvalue weighted by atomic mass is 10.4. The highest BCUT2D eigenvalue weighted by Gasteiger charge is 2.18. The van der Waals surface area contributed by atoms with E-state index in [1.54, 1.807) is 25.7 Å². The summed E-state index contributed by atoms with van der Waals surface area (Å²) in [7, 11) is 5.15. The second kappa shape index (κ2) is 6.44. The Labute approximate surface area is 119 Å². The van der Waals surface area contributed by atoms with Crippen LogP contribution in [-0.4, -0.2) is 54.1 Å². The first-order valence-electron chi connectivity index (χ1n) is 6.85. The molecule has 0 aliphatic carbocycles. The third-order valence-corrected chi connectivity index (χ3v) is 3.48. The molecule has 1 aliphatic heterocycles. The Hall–Kier alpha value is -2.00. The van der Waals surface area contributed by atoms with E-state index in [2.05, 4.69) is 32.4 Å². The molecule has 0 bridgehead atoms. The van der Waals surface area contributed by atoms with Crippen molar-refractivity contribution in [3.05, 3.63) is 11.5 Å². The van der Waals surface area contributed by atoms with Crippen molar-refractivity contribution in [2.45, 2.75) is 12.8 Å². The van der Waals surface area contributed by atoms with E-state index in [-0.39, 0.29) is 5.91 Å². The van der Waals surface area contributed by atoms with E-state index in [1.165, 1.54) is 12.8 Å². The van der Waals surface area contributed by atoms with Gasteiger partial charge >= 0.3 is 0 Å². The van der Waals surface area contributed by atoms with Gasteiger partial charge in [0.25, 0.3) is 5.91 Å². The lowest BCUT2D eigenvalue weighted by molar-refractivity contribution is 0.0956. The standard InChI is InChI=1S/C14H21N5O/c1-15-13-12(14(20)16-2)18(3)11(17-13)7-6-10-19-8-4-5-9-19/h15H,4-5,8-10H2,1-3H3,(H,16,20). The van der Waals surface area contributed by atoms with Crippen LogP contribution in [0.1, 0.15) is 29.2 Å². The fourth-order valence-electron chi connectivity index (χ4n) is 2.33. The Bertz CT molecular complexity index is 546. The van der Waals surface area contributed by atoms with Crippen LogP contribution in [-0.2, 0) is 7.05 Å². The second-order valence-corrected chi connectivity index (χ2v) is 4.81. The molecule has 0 spiro atoms. The molecule has 1 saturated heterocycles. The molecule has 0 radical (unpaired) electrons. The molecule has 1 aromatic heterocycles. The summed E-state index contributed by atoms with van der Waals surface area (Å²) in [4.78, 5) is 18.5. The van der Waals surface area contributed by atoms with Crippen molar-refractivity contribution < 1.29 is 4.79 Å². The molecule has 2 heterocycles. The van der Waals surface area contributed by atoms with Gasteiger partial charge in [0, 0.05) is 21.1 Å². The van der Waals surface area contributed by atoms with E-state index in [4.69, 9.17) is 0 Å². The van der Waals surface area contributed by atoms with E-state index >= 15 is 0 Å². The van der Waals surface area contributed by atoms with Gasteiger partial charge in [0.05, 0.1) is 6.54 Å². The van der Waals surface area contributed by atoms with Crippen LogP contribution in [0.2, 0.25) is 0 Å². The zero-order valence-electron chi connectivity index (χ0n) is 12.3. The molecule has 0 saturated carbocycles. The third-order valence-electron chi connectivity index (χ3n) is 3.48. The second-order valence-electron chi connectivity index (χ2n) is 4.81. The number of nitrogens with zero attached hydrogens (tertiary/aromatic N) is 3. The molecule has 1 aliphatic rings. The summed E-state index contributed by atoms with van der Waals surface area (Å²) in [6, 6.07) is 0. The van der Waals surface area contributed by atoms with E-state index in [0.717, 1.165) is 19.6 Å². The maximum absolute atomic E-state index is 11.8. The first-order valence-corrected chi connectivity index (χ1v) is 6.85. The summed E-state index contributed by atoms with van der Waals surface area (Å²) in [5.41, 5.74) is 0.500. The Morgan fingerprint density at radius 1 is 1.35 bits per heavy atom. The highest BCUT2D eigenvalue weighted by molar-refractivity contribution is 5.97. The number of anilines is 1. The van der Waals surface area contributed by atoms with Gasteiger partial charge in [-0.3, -0.25) is 9.69 Å². The summed E-state index contributed by atoms with van der Waals surface area (Å²) >= 11 is 0. The van der Waals surface area contributed by atoms with Crippen LogP contribution in [0.15, 0.2) is 0 Å². The number of carbonyl (C=O) groups is 1. The van der Waals surface area contributed by atoms with E-state index in [1.807, 2.05) is 0 Å². The van der Waals surface area contributed by atoms with Gasteiger partial charge in [-0.25, -0.2) is 4.98 Å². The topological polar surface area (TPSA) is 62.2 Å². The number of amides is 1. The van der Waals surface area contributed by atoms with Crippen LogP contribution >= 0.6 is 0 Å². The van der Waals surface area contributed by atoms with Crippen LogP contribution in [0.5, 0.6) is 0 Å². The van der Waals surface area contributed by atoms with Gasteiger partial charge in [-0.2, -0.15) is 0 Å². The summed E-state index contributed by atoms with van der Waals surface area (Å²) < 4.78 is 1.72. The molecule has 0 aromatic carbocycles. The predicted molar refractivity (Wildman–Crippen MR) is 78.7 cm³/mol. The Balaban J connectivity index is 2.17. The van der Waals surface area contributed by atoms with E-state index < -0.39 is 0 Å². The zero-order chi connectivity index (χ0) is 14.5. The van der Waals surface area contributed by atoms with Crippen molar-refractivity contribution >= 4 is 11.7 Å². The van der Waals surface area contributed by atoms with Gasteiger partial charge in [-0.05, 0) is 31.9 Å². The number of aromatic nitrogens is 2. The van der Waals surface area contributed by atoms with Crippen LogP contribution < -0.4 is 10.6 Å². The number of rotatable bonds is 3. The minimum absolute atomic E-state index is 0.169. The molecular weight excluding hydrogens is 254 g/mol. The summed E-state index contributed by atoms with van der Waals surface area (Å²) in [6.45, 7) is 3.01. The van der Waals surface area contributed by atoms with Gasteiger partial charge in [-0.1, -0.05) is 5.92 Å². The molecule has 6 heteroatoms. The lowest BCUT2D eigenvalue weighted by Gasteiger charge is -2.08. The normalized spacial score (nSPS) is 14.8. The predicted octanol–water partition coefficient (Wildman–Crippen LogP) is 0.269. The van der Waals surface area contributed by atoms with Crippen molar-refractivity contribution in [2.75, 3.05) is 39.0 Å². The van der Waals surface area contributed by atoms with Crippen molar-refractivity contribution in [3.8, 4) is 11.8 Å². The smallest absolute Gasteiger partial charge is 0.271 e. The van der Waals surface area contributed by atoms with Gasteiger partial charge in [0.15, 0.2) is 17.3 Å². The van der Waals surface area contributed by atoms with E-state index in [9.17, 15) is 4.79 Å². The zero-order valence-corrected chi connectivity index (χ0v) is 12.3. The van der Waals surface area contributed by atoms with Crippen molar-refractivity contribution in [3.63, 3.8) is 0 Å². The minimum atomic E-state index is -0.169. The van der Waals surface area contributed by atoms with Crippen LogP contribution in [0.25, 0.3) is 0 Å². The monoisotopic (exact) mass is 275 g/mol. The van der Waals surface area contributed by atoms with Crippen LogP contribution in [0.3, 0.4) is 0 Å². The average molecular weight is 275 g/mol. The third kappa shape index (κ3) is 2.94. The molecule has 0 unspecified atom stereocenters. The molecule has 1 aromatic rings. The molecule has 2 N–H and O–H groups in total. The summed E-state index contributed by atoms with van der Waals surface area (Å²) in [5.74, 6) is 7.18. The van der Waals surface area contributed by atoms with Gasteiger partial charge in [-0.15, -0.1) is 0 Å². The minimum Gasteiger partial charge on any atom is -0.371 e. The molecule has 20 heavy (non-hydrogen) atoms. The average Bonchev–Trinajstić information content (AvgIpc) is 3.07. The molecule has 108 valence electrons.